The van der Waals surface area contributed by atoms with Crippen LogP contribution in [-0.4, -0.2) is 29.3 Å². The lowest BCUT2D eigenvalue weighted by molar-refractivity contribution is 0.0429. The van der Waals surface area contributed by atoms with Crippen molar-refractivity contribution >= 4 is 17.6 Å². The molecule has 0 fully saturated rings. The fourth-order valence-electron chi connectivity index (χ4n) is 2.45. The first-order valence-corrected chi connectivity index (χ1v) is 8.23. The standard InChI is InChI=1S/C18H13ClN2O5/c19-13-4-2-1-3-12(13)17-20-16(26-21-17)10-25-18(22)11-5-6-14-15(9-11)24-8-7-23-14/h1-6,9H,7-8,10H2. The summed E-state index contributed by atoms with van der Waals surface area (Å²) in [6.07, 6.45) is 0. The molecule has 2 aromatic carbocycles. The molecule has 8 heteroatoms. The van der Waals surface area contributed by atoms with Gasteiger partial charge in [0, 0.05) is 5.56 Å². The fraction of sp³-hybridized carbons (Fsp3) is 0.167. The molecule has 0 radical (unpaired) electrons. The smallest absolute Gasteiger partial charge is 0.338 e. The van der Waals surface area contributed by atoms with Gasteiger partial charge in [-0.25, -0.2) is 4.79 Å². The minimum atomic E-state index is -0.528. The molecule has 7 nitrogen and oxygen atoms in total. The molecule has 2 heterocycles. The molecule has 0 amide bonds. The van der Waals surface area contributed by atoms with Crippen LogP contribution in [0.4, 0.5) is 0 Å². The Hall–Kier alpha value is -3.06. The molecule has 132 valence electrons. The van der Waals surface area contributed by atoms with Gasteiger partial charge in [-0.05, 0) is 30.3 Å². The number of aromatic nitrogens is 2. The number of fused-ring (bicyclic) bond motifs is 1. The highest BCUT2D eigenvalue weighted by atomic mass is 35.5. The maximum atomic E-state index is 12.2. The van der Waals surface area contributed by atoms with Crippen LogP contribution in [0.2, 0.25) is 5.02 Å². The van der Waals surface area contributed by atoms with E-state index in [0.29, 0.717) is 46.7 Å². The van der Waals surface area contributed by atoms with Gasteiger partial charge in [0.1, 0.15) is 13.2 Å². The summed E-state index contributed by atoms with van der Waals surface area (Å²) in [6.45, 7) is 0.782. The first kappa shape index (κ1) is 16.4. The van der Waals surface area contributed by atoms with Crippen LogP contribution < -0.4 is 9.47 Å². The monoisotopic (exact) mass is 372 g/mol. The van der Waals surface area contributed by atoms with E-state index in [1.807, 2.05) is 12.1 Å². The number of carbonyl (C=O) groups excluding carboxylic acids is 1. The largest absolute Gasteiger partial charge is 0.486 e. The van der Waals surface area contributed by atoms with Crippen molar-refractivity contribution in [3.05, 3.63) is 58.9 Å². The second kappa shape index (κ2) is 7.05. The van der Waals surface area contributed by atoms with Gasteiger partial charge in [-0.3, -0.25) is 0 Å². The van der Waals surface area contributed by atoms with Crippen LogP contribution in [-0.2, 0) is 11.3 Å². The average molecular weight is 373 g/mol. The van der Waals surface area contributed by atoms with E-state index < -0.39 is 5.97 Å². The number of benzene rings is 2. The molecule has 4 rings (SSSR count). The van der Waals surface area contributed by atoms with Crippen molar-refractivity contribution in [1.29, 1.82) is 0 Å². The first-order chi connectivity index (χ1) is 12.7. The zero-order valence-corrected chi connectivity index (χ0v) is 14.2. The minimum absolute atomic E-state index is 0.148. The van der Waals surface area contributed by atoms with Crippen LogP contribution in [0.3, 0.4) is 0 Å². The molecule has 0 saturated heterocycles. The van der Waals surface area contributed by atoms with Crippen molar-refractivity contribution in [3.63, 3.8) is 0 Å². The van der Waals surface area contributed by atoms with Crippen LogP contribution in [0.5, 0.6) is 11.5 Å². The van der Waals surface area contributed by atoms with Crippen molar-refractivity contribution in [2.45, 2.75) is 6.61 Å². The highest BCUT2D eigenvalue weighted by Crippen LogP contribution is 2.31. The average Bonchev–Trinajstić information content (AvgIpc) is 3.15. The SMILES string of the molecule is O=C(OCc1nc(-c2ccccc2Cl)no1)c1ccc2c(c1)OCCO2. The van der Waals surface area contributed by atoms with E-state index in [9.17, 15) is 4.79 Å². The van der Waals surface area contributed by atoms with Crippen molar-refractivity contribution < 1.29 is 23.5 Å². The second-order valence-electron chi connectivity index (χ2n) is 5.43. The van der Waals surface area contributed by atoms with Crippen LogP contribution in [0.15, 0.2) is 47.0 Å². The normalized spacial score (nSPS) is 12.7. The van der Waals surface area contributed by atoms with Crippen molar-refractivity contribution in [3.8, 4) is 22.9 Å². The lowest BCUT2D eigenvalue weighted by Gasteiger charge is -2.18. The quantitative estimate of drug-likeness (QED) is 0.648. The van der Waals surface area contributed by atoms with E-state index in [1.165, 1.54) is 0 Å². The summed E-state index contributed by atoms with van der Waals surface area (Å²) in [4.78, 5) is 16.4. The van der Waals surface area contributed by atoms with Crippen LogP contribution in [0, 0.1) is 0 Å². The summed E-state index contributed by atoms with van der Waals surface area (Å²) in [6, 6.07) is 12.0. The molecule has 0 aliphatic carbocycles. The third kappa shape index (κ3) is 3.34. The number of ether oxygens (including phenoxy) is 3. The number of hydrogen-bond acceptors (Lipinski definition) is 7. The van der Waals surface area contributed by atoms with Crippen molar-refractivity contribution in [2.24, 2.45) is 0 Å². The Kier molecular flexibility index (Phi) is 4.45. The maximum absolute atomic E-state index is 12.2. The van der Waals surface area contributed by atoms with Crippen LogP contribution >= 0.6 is 11.6 Å². The number of rotatable bonds is 4. The Labute approximate surface area is 153 Å². The summed E-state index contributed by atoms with van der Waals surface area (Å²) >= 11 is 6.10. The summed E-state index contributed by atoms with van der Waals surface area (Å²) in [5, 5.41) is 4.36. The second-order valence-corrected chi connectivity index (χ2v) is 5.83. The molecule has 0 saturated carbocycles. The molecule has 3 aromatic rings. The minimum Gasteiger partial charge on any atom is -0.486 e. The Balaban J connectivity index is 1.43. The van der Waals surface area contributed by atoms with Gasteiger partial charge < -0.3 is 18.7 Å². The third-order valence-electron chi connectivity index (χ3n) is 3.69. The maximum Gasteiger partial charge on any atom is 0.338 e. The van der Waals surface area contributed by atoms with Crippen LogP contribution in [0.1, 0.15) is 16.2 Å². The molecule has 1 aliphatic rings. The molecule has 1 aromatic heterocycles. The van der Waals surface area contributed by atoms with E-state index in [-0.39, 0.29) is 12.5 Å². The summed E-state index contributed by atoms with van der Waals surface area (Å²) in [7, 11) is 0. The van der Waals surface area contributed by atoms with Gasteiger partial charge in [0.2, 0.25) is 5.82 Å². The van der Waals surface area contributed by atoms with Gasteiger partial charge in [0.05, 0.1) is 10.6 Å². The lowest BCUT2D eigenvalue weighted by Crippen LogP contribution is -2.16. The zero-order chi connectivity index (χ0) is 17.9. The fourth-order valence-corrected chi connectivity index (χ4v) is 2.67. The Morgan fingerprint density at radius 1 is 1.12 bits per heavy atom. The zero-order valence-electron chi connectivity index (χ0n) is 13.5. The molecule has 26 heavy (non-hydrogen) atoms. The van der Waals surface area contributed by atoms with Gasteiger partial charge in [-0.2, -0.15) is 4.98 Å². The molecule has 1 aliphatic heterocycles. The van der Waals surface area contributed by atoms with Gasteiger partial charge >= 0.3 is 5.97 Å². The summed E-state index contributed by atoms with van der Waals surface area (Å²) in [5.74, 6) is 1.10. The Morgan fingerprint density at radius 2 is 1.92 bits per heavy atom. The molecule has 0 N–H and O–H groups in total. The first-order valence-electron chi connectivity index (χ1n) is 7.85. The third-order valence-corrected chi connectivity index (χ3v) is 4.02. The predicted molar refractivity (Wildman–Crippen MR) is 91.3 cm³/mol. The number of esters is 1. The summed E-state index contributed by atoms with van der Waals surface area (Å²) < 4.78 is 21.2. The molecular formula is C18H13ClN2O5. The molecular weight excluding hydrogens is 360 g/mol. The van der Waals surface area contributed by atoms with E-state index >= 15 is 0 Å². The topological polar surface area (TPSA) is 83.7 Å². The van der Waals surface area contributed by atoms with Gasteiger partial charge in [-0.1, -0.05) is 28.9 Å². The van der Waals surface area contributed by atoms with Gasteiger partial charge in [-0.15, -0.1) is 0 Å². The Morgan fingerprint density at radius 3 is 2.77 bits per heavy atom. The van der Waals surface area contributed by atoms with Gasteiger partial charge in [0.15, 0.2) is 18.1 Å². The van der Waals surface area contributed by atoms with E-state index in [0.717, 1.165) is 0 Å². The number of nitrogens with zero attached hydrogens (tertiary/aromatic N) is 2. The highest BCUT2D eigenvalue weighted by molar-refractivity contribution is 6.33. The highest BCUT2D eigenvalue weighted by Gasteiger charge is 2.17. The predicted octanol–water partition coefficient (Wildman–Crippen LogP) is 3.52. The van der Waals surface area contributed by atoms with Crippen LogP contribution in [0.25, 0.3) is 11.4 Å². The number of hydrogen-bond donors (Lipinski definition) is 0. The molecule has 0 unspecified atom stereocenters. The number of carbonyl (C=O) groups is 1. The van der Waals surface area contributed by atoms with E-state index in [1.54, 1.807) is 30.3 Å². The van der Waals surface area contributed by atoms with Crippen molar-refractivity contribution in [2.75, 3.05) is 13.2 Å². The van der Waals surface area contributed by atoms with Gasteiger partial charge in [0.25, 0.3) is 5.89 Å². The lowest BCUT2D eigenvalue weighted by atomic mass is 10.2. The van der Waals surface area contributed by atoms with E-state index in [2.05, 4.69) is 10.1 Å². The summed E-state index contributed by atoms with van der Waals surface area (Å²) in [5.41, 5.74) is 0.988. The Bertz CT molecular complexity index is 956. The number of halogens is 1. The molecule has 0 bridgehead atoms. The molecule has 0 spiro atoms. The molecule has 0 atom stereocenters. The van der Waals surface area contributed by atoms with E-state index in [4.69, 9.17) is 30.3 Å². The van der Waals surface area contributed by atoms with Crippen molar-refractivity contribution in [1.82, 2.24) is 10.1 Å².